The molecule has 1 atom stereocenters. The van der Waals surface area contributed by atoms with Crippen LogP contribution in [0.25, 0.3) is 11.0 Å². The highest BCUT2D eigenvalue weighted by molar-refractivity contribution is 7.80. The smallest absolute Gasteiger partial charge is 0.162 e. The van der Waals surface area contributed by atoms with Crippen LogP contribution in [0.15, 0.2) is 36.7 Å². The molecule has 2 aromatic heterocycles. The molecule has 0 aliphatic carbocycles. The largest absolute Gasteiger partial charge is 0.340 e. The van der Waals surface area contributed by atoms with E-state index in [-0.39, 0.29) is 5.92 Å². The summed E-state index contributed by atoms with van der Waals surface area (Å²) in [6.45, 7) is 0. The van der Waals surface area contributed by atoms with Crippen molar-refractivity contribution in [3.63, 3.8) is 0 Å². The molecule has 0 amide bonds. The number of hydrogen-bond acceptors (Lipinski definition) is 3. The Balaban J connectivity index is 1.93. The van der Waals surface area contributed by atoms with Gasteiger partial charge in [-0.25, -0.2) is 13.8 Å². The second kappa shape index (κ2) is 5.81. The zero-order chi connectivity index (χ0) is 14.8. The Hall–Kier alpha value is -1.95. The van der Waals surface area contributed by atoms with Crippen molar-refractivity contribution in [1.82, 2.24) is 15.0 Å². The Morgan fingerprint density at radius 1 is 1.24 bits per heavy atom. The van der Waals surface area contributed by atoms with E-state index < -0.39 is 11.6 Å². The van der Waals surface area contributed by atoms with Gasteiger partial charge in [0.25, 0.3) is 0 Å². The van der Waals surface area contributed by atoms with E-state index in [0.29, 0.717) is 23.6 Å². The average Bonchev–Trinajstić information content (AvgIpc) is 2.92. The van der Waals surface area contributed by atoms with E-state index in [1.807, 2.05) is 0 Å². The minimum atomic E-state index is -0.834. The monoisotopic (exact) mass is 305 g/mol. The summed E-state index contributed by atoms with van der Waals surface area (Å²) in [5, 5.41) is 0. The molecule has 0 fully saturated rings. The van der Waals surface area contributed by atoms with Crippen LogP contribution in [-0.4, -0.2) is 20.7 Å². The first-order valence-electron chi connectivity index (χ1n) is 6.52. The van der Waals surface area contributed by atoms with Crippen molar-refractivity contribution in [2.75, 3.05) is 5.75 Å². The molecule has 0 saturated heterocycles. The van der Waals surface area contributed by atoms with Gasteiger partial charge in [-0.05, 0) is 24.1 Å². The van der Waals surface area contributed by atoms with E-state index >= 15 is 0 Å². The fourth-order valence-corrected chi connectivity index (χ4v) is 2.59. The molecule has 108 valence electrons. The number of nitrogens with zero attached hydrogens (tertiary/aromatic N) is 2. The summed E-state index contributed by atoms with van der Waals surface area (Å²) < 4.78 is 27.1. The van der Waals surface area contributed by atoms with Crippen molar-refractivity contribution in [3.8, 4) is 0 Å². The highest BCUT2D eigenvalue weighted by Gasteiger charge is 2.18. The van der Waals surface area contributed by atoms with E-state index in [1.165, 1.54) is 6.07 Å². The second-order valence-electron chi connectivity index (χ2n) is 4.81. The fraction of sp³-hybridized carbons (Fsp3) is 0.200. The number of aromatic amines is 1. The van der Waals surface area contributed by atoms with Crippen molar-refractivity contribution in [2.45, 2.75) is 12.3 Å². The number of benzene rings is 1. The molecule has 21 heavy (non-hydrogen) atoms. The molecule has 2 heterocycles. The quantitative estimate of drug-likeness (QED) is 0.725. The summed E-state index contributed by atoms with van der Waals surface area (Å²) >= 11 is 4.31. The lowest BCUT2D eigenvalue weighted by atomic mass is 10.00. The Bertz CT molecular complexity index is 739. The number of pyridine rings is 1. The van der Waals surface area contributed by atoms with Crippen molar-refractivity contribution < 1.29 is 8.78 Å². The van der Waals surface area contributed by atoms with Crippen molar-refractivity contribution >= 4 is 23.7 Å². The molecule has 0 spiro atoms. The van der Waals surface area contributed by atoms with Gasteiger partial charge in [0, 0.05) is 17.9 Å². The van der Waals surface area contributed by atoms with Gasteiger partial charge >= 0.3 is 0 Å². The number of fused-ring (bicyclic) bond motifs is 1. The molecule has 0 bridgehead atoms. The molecule has 0 aliphatic rings. The number of rotatable bonds is 4. The van der Waals surface area contributed by atoms with E-state index in [9.17, 15) is 8.78 Å². The first-order valence-corrected chi connectivity index (χ1v) is 7.15. The minimum Gasteiger partial charge on any atom is -0.340 e. The minimum absolute atomic E-state index is 0.128. The first kappa shape index (κ1) is 14.0. The molecule has 3 nitrogen and oxygen atoms in total. The van der Waals surface area contributed by atoms with Crippen LogP contribution in [0.3, 0.4) is 0 Å². The van der Waals surface area contributed by atoms with Gasteiger partial charge in [0.05, 0.1) is 17.2 Å². The summed E-state index contributed by atoms with van der Waals surface area (Å²) in [5.41, 5.74) is 1.94. The summed E-state index contributed by atoms with van der Waals surface area (Å²) in [7, 11) is 0. The summed E-state index contributed by atoms with van der Waals surface area (Å²) in [5.74, 6) is -0.585. The van der Waals surface area contributed by atoms with Crippen molar-refractivity contribution in [3.05, 3.63) is 59.7 Å². The molecule has 0 aliphatic heterocycles. The number of halogens is 2. The van der Waals surface area contributed by atoms with Crippen LogP contribution in [0, 0.1) is 11.6 Å². The van der Waals surface area contributed by atoms with Crippen molar-refractivity contribution in [2.24, 2.45) is 0 Å². The molecule has 3 aromatic rings. The van der Waals surface area contributed by atoms with Crippen LogP contribution in [0.1, 0.15) is 17.3 Å². The highest BCUT2D eigenvalue weighted by atomic mass is 32.1. The fourth-order valence-electron chi connectivity index (χ4n) is 2.29. The number of imidazole rings is 1. The van der Waals surface area contributed by atoms with Gasteiger partial charge in [0.15, 0.2) is 11.6 Å². The van der Waals surface area contributed by atoms with Gasteiger partial charge in [-0.3, -0.25) is 4.98 Å². The molecule has 3 rings (SSSR count). The summed E-state index contributed by atoms with van der Waals surface area (Å²) in [4.78, 5) is 11.7. The Morgan fingerprint density at radius 2 is 2.10 bits per heavy atom. The number of nitrogens with one attached hydrogen (secondary N) is 1. The Morgan fingerprint density at radius 3 is 2.86 bits per heavy atom. The SMILES string of the molecule is Fc1cccc(C[C@H](CS)c2nc3ccncc3[nH]2)c1F. The van der Waals surface area contributed by atoms with Crippen LogP contribution >= 0.6 is 12.6 Å². The van der Waals surface area contributed by atoms with Crippen LogP contribution in [-0.2, 0) is 6.42 Å². The van der Waals surface area contributed by atoms with Gasteiger partial charge in [-0.2, -0.15) is 12.6 Å². The number of aromatic nitrogens is 3. The first-order chi connectivity index (χ1) is 10.2. The van der Waals surface area contributed by atoms with Crippen LogP contribution < -0.4 is 0 Å². The predicted molar refractivity (Wildman–Crippen MR) is 80.5 cm³/mol. The maximum atomic E-state index is 13.8. The third-order valence-corrected chi connectivity index (χ3v) is 3.85. The van der Waals surface area contributed by atoms with Gasteiger partial charge in [-0.1, -0.05) is 12.1 Å². The molecule has 0 unspecified atom stereocenters. The zero-order valence-corrected chi connectivity index (χ0v) is 11.9. The summed E-state index contributed by atoms with van der Waals surface area (Å²) in [6.07, 6.45) is 3.68. The average molecular weight is 305 g/mol. The number of hydrogen-bond donors (Lipinski definition) is 2. The maximum Gasteiger partial charge on any atom is 0.162 e. The lowest BCUT2D eigenvalue weighted by molar-refractivity contribution is 0.494. The van der Waals surface area contributed by atoms with Crippen LogP contribution in [0.2, 0.25) is 0 Å². The van der Waals surface area contributed by atoms with E-state index in [1.54, 1.807) is 24.5 Å². The molecular formula is C15H13F2N3S. The van der Waals surface area contributed by atoms with Gasteiger partial charge < -0.3 is 4.98 Å². The number of thiol groups is 1. The molecule has 6 heteroatoms. The number of H-pyrrole nitrogens is 1. The normalized spacial score (nSPS) is 12.7. The summed E-state index contributed by atoms with van der Waals surface area (Å²) in [6, 6.07) is 6.00. The third-order valence-electron chi connectivity index (χ3n) is 3.41. The molecular weight excluding hydrogens is 292 g/mol. The van der Waals surface area contributed by atoms with Crippen LogP contribution in [0.4, 0.5) is 8.78 Å². The van der Waals surface area contributed by atoms with Gasteiger partial charge in [0.2, 0.25) is 0 Å². The third kappa shape index (κ3) is 2.76. The topological polar surface area (TPSA) is 41.6 Å². The van der Waals surface area contributed by atoms with E-state index in [4.69, 9.17) is 0 Å². The lowest BCUT2D eigenvalue weighted by Crippen LogP contribution is -2.08. The van der Waals surface area contributed by atoms with Crippen molar-refractivity contribution in [1.29, 1.82) is 0 Å². The Kier molecular flexibility index (Phi) is 3.88. The van der Waals surface area contributed by atoms with Crippen LogP contribution in [0.5, 0.6) is 0 Å². The zero-order valence-electron chi connectivity index (χ0n) is 11.1. The molecule has 0 saturated carbocycles. The highest BCUT2D eigenvalue weighted by Crippen LogP contribution is 2.24. The van der Waals surface area contributed by atoms with E-state index in [2.05, 4.69) is 27.6 Å². The standard InChI is InChI=1S/C15H13F2N3S/c16-11-3-1-2-9(14(11)17)6-10(8-21)15-19-12-4-5-18-7-13(12)20-15/h1-5,7,10,21H,6,8H2,(H,19,20)/t10-/m1/s1. The Labute approximate surface area is 125 Å². The predicted octanol–water partition coefficient (Wildman–Crippen LogP) is 3.49. The van der Waals surface area contributed by atoms with Gasteiger partial charge in [-0.15, -0.1) is 0 Å². The molecule has 0 radical (unpaired) electrons. The molecule has 1 aromatic carbocycles. The van der Waals surface area contributed by atoms with Gasteiger partial charge in [0.1, 0.15) is 5.82 Å². The lowest BCUT2D eigenvalue weighted by Gasteiger charge is -2.12. The maximum absolute atomic E-state index is 13.8. The van der Waals surface area contributed by atoms with E-state index in [0.717, 1.165) is 17.1 Å². The second-order valence-corrected chi connectivity index (χ2v) is 5.18. The molecule has 1 N–H and O–H groups in total.